The van der Waals surface area contributed by atoms with E-state index in [1.54, 1.807) is 18.2 Å². The Kier molecular flexibility index (Phi) is 1.96. The summed E-state index contributed by atoms with van der Waals surface area (Å²) in [4.78, 5) is 14.6. The topological polar surface area (TPSA) is 53.8 Å². The zero-order valence-electron chi connectivity index (χ0n) is 7.27. The second-order valence-electron chi connectivity index (χ2n) is 2.88. The number of carbonyl (C=O) groups is 1. The Morgan fingerprint density at radius 3 is 3.00 bits per heavy atom. The predicted octanol–water partition coefficient (Wildman–Crippen LogP) is 1.92. The van der Waals surface area contributed by atoms with Crippen molar-refractivity contribution < 1.29 is 4.79 Å². The monoisotopic (exact) mass is 182 g/mol. The van der Waals surface area contributed by atoms with E-state index < -0.39 is 0 Å². The molecule has 0 bridgehead atoms. The van der Waals surface area contributed by atoms with Gasteiger partial charge in [-0.05, 0) is 12.1 Å². The molecule has 66 valence electrons. The lowest BCUT2D eigenvalue weighted by Gasteiger charge is -1.98. The highest BCUT2D eigenvalue weighted by atomic mass is 16.1. The summed E-state index contributed by atoms with van der Waals surface area (Å²) in [5, 5.41) is 9.62. The molecule has 0 spiro atoms. The summed E-state index contributed by atoms with van der Waals surface area (Å²) in [6.45, 7) is 0. The number of fused-ring (bicyclic) bond motifs is 1. The molecule has 0 atom stereocenters. The van der Waals surface area contributed by atoms with Gasteiger partial charge in [0.25, 0.3) is 0 Å². The Labute approximate surface area is 80.6 Å². The van der Waals surface area contributed by atoms with Crippen molar-refractivity contribution in [1.82, 2.24) is 4.98 Å². The summed E-state index contributed by atoms with van der Waals surface area (Å²) in [7, 11) is 0. The van der Waals surface area contributed by atoms with E-state index in [4.69, 9.17) is 5.26 Å². The van der Waals surface area contributed by atoms with Crippen LogP contribution in [0.15, 0.2) is 30.5 Å². The van der Waals surface area contributed by atoms with Crippen LogP contribution in [0, 0.1) is 11.3 Å². The van der Waals surface area contributed by atoms with Gasteiger partial charge >= 0.3 is 0 Å². The first-order valence-electron chi connectivity index (χ1n) is 4.09. The summed E-state index contributed by atoms with van der Waals surface area (Å²) in [5.74, 6) is 0. The third-order valence-electron chi connectivity index (χ3n) is 1.99. The Bertz CT molecular complexity index is 540. The van der Waals surface area contributed by atoms with E-state index in [0.717, 1.165) is 11.7 Å². The van der Waals surface area contributed by atoms with E-state index in [2.05, 4.69) is 11.1 Å². The zero-order valence-corrected chi connectivity index (χ0v) is 7.27. The van der Waals surface area contributed by atoms with Crippen LogP contribution < -0.4 is 0 Å². The molecule has 2 aromatic rings. The fourth-order valence-corrected chi connectivity index (χ4v) is 1.33. The molecule has 2 rings (SSSR count). The van der Waals surface area contributed by atoms with Gasteiger partial charge in [0.15, 0.2) is 6.29 Å². The summed E-state index contributed by atoms with van der Waals surface area (Å²) >= 11 is 0. The van der Waals surface area contributed by atoms with Crippen molar-refractivity contribution >= 4 is 17.2 Å². The first-order chi connectivity index (χ1) is 6.85. The molecule has 0 amide bonds. The highest BCUT2D eigenvalue weighted by molar-refractivity contribution is 5.88. The summed E-state index contributed by atoms with van der Waals surface area (Å²) < 4.78 is 0. The third kappa shape index (κ3) is 1.23. The van der Waals surface area contributed by atoms with Crippen LogP contribution in [0.3, 0.4) is 0 Å². The largest absolute Gasteiger partial charge is 0.298 e. The fourth-order valence-electron chi connectivity index (χ4n) is 1.33. The van der Waals surface area contributed by atoms with Gasteiger partial charge in [-0.1, -0.05) is 12.1 Å². The number of nitriles is 1. The summed E-state index contributed by atoms with van der Waals surface area (Å²) in [5.41, 5.74) is 1.69. The standard InChI is InChI=1S/C11H6N2O/c12-5-10-3-1-2-9-4-8(7-14)6-13-11(9)10/h1-4,6-7H. The highest BCUT2D eigenvalue weighted by Crippen LogP contribution is 2.16. The van der Waals surface area contributed by atoms with Gasteiger partial charge < -0.3 is 0 Å². The minimum Gasteiger partial charge on any atom is -0.298 e. The first kappa shape index (κ1) is 8.39. The first-order valence-corrected chi connectivity index (χ1v) is 4.09. The number of nitrogens with zero attached hydrogens (tertiary/aromatic N) is 2. The predicted molar refractivity (Wildman–Crippen MR) is 51.8 cm³/mol. The van der Waals surface area contributed by atoms with Crippen LogP contribution in [0.2, 0.25) is 0 Å². The molecular formula is C11H6N2O. The van der Waals surface area contributed by atoms with Crippen LogP contribution >= 0.6 is 0 Å². The average Bonchev–Trinajstić information content (AvgIpc) is 2.27. The van der Waals surface area contributed by atoms with Gasteiger partial charge in [-0.2, -0.15) is 5.26 Å². The number of aldehydes is 1. The smallest absolute Gasteiger partial charge is 0.151 e. The SMILES string of the molecule is N#Cc1cccc2cc(C=O)cnc12. The highest BCUT2D eigenvalue weighted by Gasteiger charge is 2.01. The van der Waals surface area contributed by atoms with Crippen molar-refractivity contribution in [2.75, 3.05) is 0 Å². The molecule has 14 heavy (non-hydrogen) atoms. The molecule has 1 heterocycles. The normalized spacial score (nSPS) is 9.64. The lowest BCUT2D eigenvalue weighted by molar-refractivity contribution is 0.112. The van der Waals surface area contributed by atoms with Crippen LogP contribution in [-0.2, 0) is 0 Å². The summed E-state index contributed by atoms with van der Waals surface area (Å²) in [6, 6.07) is 9.08. The molecule has 0 N–H and O–H groups in total. The van der Waals surface area contributed by atoms with Gasteiger partial charge in [0, 0.05) is 17.1 Å². The van der Waals surface area contributed by atoms with E-state index in [-0.39, 0.29) is 0 Å². The van der Waals surface area contributed by atoms with Gasteiger partial charge in [-0.25, -0.2) is 0 Å². The van der Waals surface area contributed by atoms with Crippen molar-refractivity contribution in [2.45, 2.75) is 0 Å². The van der Waals surface area contributed by atoms with E-state index in [1.165, 1.54) is 6.20 Å². The van der Waals surface area contributed by atoms with Crippen LogP contribution in [-0.4, -0.2) is 11.3 Å². The zero-order chi connectivity index (χ0) is 9.97. The Morgan fingerprint density at radius 1 is 1.43 bits per heavy atom. The van der Waals surface area contributed by atoms with Gasteiger partial charge in [0.2, 0.25) is 0 Å². The van der Waals surface area contributed by atoms with Crippen molar-refractivity contribution in [3.8, 4) is 6.07 Å². The van der Waals surface area contributed by atoms with Crippen LogP contribution in [0.1, 0.15) is 15.9 Å². The molecule has 1 aromatic carbocycles. The van der Waals surface area contributed by atoms with Gasteiger partial charge in [-0.3, -0.25) is 9.78 Å². The molecule has 0 unspecified atom stereocenters. The third-order valence-corrected chi connectivity index (χ3v) is 1.99. The van der Waals surface area contributed by atoms with E-state index in [0.29, 0.717) is 16.6 Å². The molecule has 3 heteroatoms. The second-order valence-corrected chi connectivity index (χ2v) is 2.88. The van der Waals surface area contributed by atoms with Crippen molar-refractivity contribution in [3.05, 3.63) is 41.6 Å². The molecule has 0 aliphatic heterocycles. The Hall–Kier alpha value is -2.21. The molecular weight excluding hydrogens is 176 g/mol. The maximum absolute atomic E-state index is 10.5. The number of para-hydroxylation sites is 1. The molecule has 0 saturated heterocycles. The molecule has 0 radical (unpaired) electrons. The quantitative estimate of drug-likeness (QED) is 0.633. The average molecular weight is 182 g/mol. The van der Waals surface area contributed by atoms with Crippen LogP contribution in [0.25, 0.3) is 10.9 Å². The number of hydrogen-bond acceptors (Lipinski definition) is 3. The summed E-state index contributed by atoms with van der Waals surface area (Å²) in [6.07, 6.45) is 2.21. The number of hydrogen-bond donors (Lipinski definition) is 0. The van der Waals surface area contributed by atoms with Crippen molar-refractivity contribution in [2.24, 2.45) is 0 Å². The van der Waals surface area contributed by atoms with Gasteiger partial charge in [0.1, 0.15) is 6.07 Å². The van der Waals surface area contributed by atoms with Crippen molar-refractivity contribution in [1.29, 1.82) is 5.26 Å². The number of rotatable bonds is 1. The van der Waals surface area contributed by atoms with Crippen LogP contribution in [0.5, 0.6) is 0 Å². The molecule has 0 aliphatic carbocycles. The maximum atomic E-state index is 10.5. The number of benzene rings is 1. The van der Waals surface area contributed by atoms with E-state index in [9.17, 15) is 4.79 Å². The fraction of sp³-hybridized carbons (Fsp3) is 0. The Balaban J connectivity index is 2.81. The molecule has 0 fully saturated rings. The van der Waals surface area contributed by atoms with E-state index >= 15 is 0 Å². The lowest BCUT2D eigenvalue weighted by atomic mass is 10.1. The molecule has 1 aromatic heterocycles. The van der Waals surface area contributed by atoms with Crippen molar-refractivity contribution in [3.63, 3.8) is 0 Å². The molecule has 0 saturated carbocycles. The Morgan fingerprint density at radius 2 is 2.29 bits per heavy atom. The maximum Gasteiger partial charge on any atom is 0.151 e. The minimum absolute atomic E-state index is 0.521. The molecule has 0 aliphatic rings. The number of carbonyl (C=O) groups excluding carboxylic acids is 1. The second kappa shape index (κ2) is 3.27. The lowest BCUT2D eigenvalue weighted by Crippen LogP contribution is -1.87. The molecule has 3 nitrogen and oxygen atoms in total. The van der Waals surface area contributed by atoms with Gasteiger partial charge in [-0.15, -0.1) is 0 Å². The van der Waals surface area contributed by atoms with Crippen LogP contribution in [0.4, 0.5) is 0 Å². The minimum atomic E-state index is 0.521. The number of aromatic nitrogens is 1. The van der Waals surface area contributed by atoms with E-state index in [1.807, 2.05) is 6.07 Å². The van der Waals surface area contributed by atoms with Gasteiger partial charge in [0.05, 0.1) is 11.1 Å². The number of pyridine rings is 1.